The Bertz CT molecular complexity index is 611. The molecule has 2 aromatic carbocycles. The summed E-state index contributed by atoms with van der Waals surface area (Å²) >= 11 is 0. The molecular formula is C18H19N. The second-order valence-corrected chi connectivity index (χ2v) is 5.29. The molecule has 0 saturated heterocycles. The lowest BCUT2D eigenvalue weighted by molar-refractivity contribution is 0.858. The standard InChI is InChI=1S/C18H19N/c1-14(2)16-10-4-6-12-18(16)19-13-7-9-15-8-3-5-11-17(15)19/h3-12,14H,13H2,1-2H3. The zero-order valence-corrected chi connectivity index (χ0v) is 11.5. The lowest BCUT2D eigenvalue weighted by atomic mass is 9.98. The van der Waals surface area contributed by atoms with Gasteiger partial charge < -0.3 is 4.90 Å². The van der Waals surface area contributed by atoms with Crippen LogP contribution in [0.2, 0.25) is 0 Å². The topological polar surface area (TPSA) is 3.24 Å². The molecule has 0 aliphatic carbocycles. The van der Waals surface area contributed by atoms with Gasteiger partial charge in [0.1, 0.15) is 0 Å². The first-order chi connectivity index (χ1) is 9.27. The molecular weight excluding hydrogens is 230 g/mol. The van der Waals surface area contributed by atoms with Crippen LogP contribution in [0.3, 0.4) is 0 Å². The highest BCUT2D eigenvalue weighted by Gasteiger charge is 2.17. The highest BCUT2D eigenvalue weighted by molar-refractivity contribution is 5.78. The number of benzene rings is 2. The van der Waals surface area contributed by atoms with Crippen LogP contribution in [0.1, 0.15) is 30.9 Å². The smallest absolute Gasteiger partial charge is 0.0487 e. The van der Waals surface area contributed by atoms with E-state index < -0.39 is 0 Å². The first kappa shape index (κ1) is 12.0. The Kier molecular flexibility index (Phi) is 3.12. The van der Waals surface area contributed by atoms with Crippen molar-refractivity contribution in [3.63, 3.8) is 0 Å². The maximum atomic E-state index is 2.41. The molecule has 1 aliphatic heterocycles. The quantitative estimate of drug-likeness (QED) is 0.726. The molecule has 0 spiro atoms. The van der Waals surface area contributed by atoms with Gasteiger partial charge in [-0.15, -0.1) is 0 Å². The monoisotopic (exact) mass is 249 g/mol. The first-order valence-corrected chi connectivity index (χ1v) is 6.89. The third-order valence-electron chi connectivity index (χ3n) is 3.66. The second kappa shape index (κ2) is 4.93. The fourth-order valence-electron chi connectivity index (χ4n) is 2.71. The van der Waals surface area contributed by atoms with Crippen molar-refractivity contribution in [1.82, 2.24) is 0 Å². The van der Waals surface area contributed by atoms with Crippen LogP contribution in [0, 0.1) is 0 Å². The predicted molar refractivity (Wildman–Crippen MR) is 83.0 cm³/mol. The first-order valence-electron chi connectivity index (χ1n) is 6.89. The van der Waals surface area contributed by atoms with E-state index in [1.54, 1.807) is 0 Å². The summed E-state index contributed by atoms with van der Waals surface area (Å²) < 4.78 is 0. The number of nitrogens with zero attached hydrogens (tertiary/aromatic N) is 1. The van der Waals surface area contributed by atoms with E-state index in [9.17, 15) is 0 Å². The molecule has 19 heavy (non-hydrogen) atoms. The van der Waals surface area contributed by atoms with Gasteiger partial charge in [0.2, 0.25) is 0 Å². The fourth-order valence-corrected chi connectivity index (χ4v) is 2.71. The van der Waals surface area contributed by atoms with Crippen molar-refractivity contribution in [2.45, 2.75) is 19.8 Å². The SMILES string of the molecule is CC(C)c1ccccc1N1CC=Cc2ccccc21. The van der Waals surface area contributed by atoms with Crippen LogP contribution in [0.4, 0.5) is 11.4 Å². The molecule has 0 unspecified atom stereocenters. The van der Waals surface area contributed by atoms with Crippen molar-refractivity contribution < 1.29 is 0 Å². The van der Waals surface area contributed by atoms with Crippen LogP contribution < -0.4 is 4.90 Å². The molecule has 1 aliphatic rings. The molecule has 0 fully saturated rings. The van der Waals surface area contributed by atoms with E-state index in [1.165, 1.54) is 22.5 Å². The number of anilines is 2. The second-order valence-electron chi connectivity index (χ2n) is 5.29. The minimum absolute atomic E-state index is 0.536. The van der Waals surface area contributed by atoms with Crippen LogP contribution in [-0.2, 0) is 0 Å². The third kappa shape index (κ3) is 2.17. The Morgan fingerprint density at radius 2 is 1.58 bits per heavy atom. The number of rotatable bonds is 2. The molecule has 0 radical (unpaired) electrons. The van der Waals surface area contributed by atoms with E-state index in [0.717, 1.165) is 6.54 Å². The van der Waals surface area contributed by atoms with E-state index in [1.807, 2.05) is 0 Å². The summed E-state index contributed by atoms with van der Waals surface area (Å²) in [6, 6.07) is 17.3. The highest BCUT2D eigenvalue weighted by atomic mass is 15.1. The average molecular weight is 249 g/mol. The summed E-state index contributed by atoms with van der Waals surface area (Å²) in [4.78, 5) is 2.41. The maximum Gasteiger partial charge on any atom is 0.0487 e. The molecule has 0 amide bonds. The third-order valence-corrected chi connectivity index (χ3v) is 3.66. The fraction of sp³-hybridized carbons (Fsp3) is 0.222. The Labute approximate surface area is 115 Å². The number of hydrogen-bond acceptors (Lipinski definition) is 1. The van der Waals surface area contributed by atoms with Crippen LogP contribution in [0.5, 0.6) is 0 Å². The molecule has 0 atom stereocenters. The minimum atomic E-state index is 0.536. The number of hydrogen-bond donors (Lipinski definition) is 0. The van der Waals surface area contributed by atoms with Gasteiger partial charge in [0.15, 0.2) is 0 Å². The maximum absolute atomic E-state index is 2.41. The molecule has 0 N–H and O–H groups in total. The van der Waals surface area contributed by atoms with Crippen molar-refractivity contribution in [1.29, 1.82) is 0 Å². The summed E-state index contributed by atoms with van der Waals surface area (Å²) in [6.07, 6.45) is 4.45. The lowest BCUT2D eigenvalue weighted by Gasteiger charge is -2.30. The lowest BCUT2D eigenvalue weighted by Crippen LogP contribution is -2.21. The van der Waals surface area contributed by atoms with Crippen LogP contribution in [-0.4, -0.2) is 6.54 Å². The van der Waals surface area contributed by atoms with Crippen molar-refractivity contribution in [2.24, 2.45) is 0 Å². The van der Waals surface area contributed by atoms with Crippen LogP contribution >= 0.6 is 0 Å². The van der Waals surface area contributed by atoms with E-state index in [-0.39, 0.29) is 0 Å². The van der Waals surface area contributed by atoms with Gasteiger partial charge in [0, 0.05) is 17.9 Å². The van der Waals surface area contributed by atoms with Crippen molar-refractivity contribution >= 4 is 17.5 Å². The van der Waals surface area contributed by atoms with Gasteiger partial charge >= 0.3 is 0 Å². The molecule has 0 saturated carbocycles. The summed E-state index contributed by atoms with van der Waals surface area (Å²) in [5.74, 6) is 0.536. The Morgan fingerprint density at radius 3 is 2.37 bits per heavy atom. The van der Waals surface area contributed by atoms with Crippen LogP contribution in [0.25, 0.3) is 6.08 Å². The van der Waals surface area contributed by atoms with Crippen molar-refractivity contribution in [3.8, 4) is 0 Å². The summed E-state index contributed by atoms with van der Waals surface area (Å²) in [5, 5.41) is 0. The van der Waals surface area contributed by atoms with Crippen molar-refractivity contribution in [3.05, 3.63) is 65.7 Å². The van der Waals surface area contributed by atoms with Gasteiger partial charge in [0.25, 0.3) is 0 Å². The molecule has 2 aromatic rings. The van der Waals surface area contributed by atoms with Gasteiger partial charge in [-0.25, -0.2) is 0 Å². The van der Waals surface area contributed by atoms with Gasteiger partial charge in [-0.05, 0) is 29.2 Å². The Balaban J connectivity index is 2.11. The van der Waals surface area contributed by atoms with E-state index in [0.29, 0.717) is 5.92 Å². The largest absolute Gasteiger partial charge is 0.337 e. The summed E-state index contributed by atoms with van der Waals surface area (Å²) in [7, 11) is 0. The number of fused-ring (bicyclic) bond motifs is 1. The van der Waals surface area contributed by atoms with Crippen LogP contribution in [0.15, 0.2) is 54.6 Å². The Morgan fingerprint density at radius 1 is 0.895 bits per heavy atom. The van der Waals surface area contributed by atoms with Gasteiger partial charge in [-0.1, -0.05) is 62.4 Å². The molecule has 3 rings (SSSR count). The summed E-state index contributed by atoms with van der Waals surface area (Å²) in [5.41, 5.74) is 5.34. The molecule has 0 aromatic heterocycles. The summed E-state index contributed by atoms with van der Waals surface area (Å²) in [6.45, 7) is 5.45. The van der Waals surface area contributed by atoms with E-state index in [4.69, 9.17) is 0 Å². The normalized spacial score (nSPS) is 13.7. The number of para-hydroxylation sites is 2. The average Bonchev–Trinajstić information content (AvgIpc) is 2.46. The minimum Gasteiger partial charge on any atom is -0.337 e. The van der Waals surface area contributed by atoms with Gasteiger partial charge in [0.05, 0.1) is 0 Å². The van der Waals surface area contributed by atoms with E-state index in [2.05, 4.69) is 79.4 Å². The molecule has 0 bridgehead atoms. The highest BCUT2D eigenvalue weighted by Crippen LogP contribution is 2.36. The molecule has 1 nitrogen and oxygen atoms in total. The molecule has 1 heterocycles. The predicted octanol–water partition coefficient (Wildman–Crippen LogP) is 4.97. The van der Waals surface area contributed by atoms with Gasteiger partial charge in [-0.3, -0.25) is 0 Å². The zero-order valence-electron chi connectivity index (χ0n) is 11.5. The van der Waals surface area contributed by atoms with Crippen molar-refractivity contribution in [2.75, 3.05) is 11.4 Å². The van der Waals surface area contributed by atoms with E-state index >= 15 is 0 Å². The molecule has 96 valence electrons. The molecule has 1 heteroatoms. The Hall–Kier alpha value is -2.02. The van der Waals surface area contributed by atoms with Gasteiger partial charge in [-0.2, -0.15) is 0 Å². The zero-order chi connectivity index (χ0) is 13.2.